The minimum atomic E-state index is -0.159. The molecule has 0 bridgehead atoms. The number of rotatable bonds is 4. The van der Waals surface area contributed by atoms with Crippen LogP contribution >= 0.6 is 11.3 Å². The van der Waals surface area contributed by atoms with Gasteiger partial charge in [-0.3, -0.25) is 4.79 Å². The molecule has 1 aliphatic rings. The zero-order valence-electron chi connectivity index (χ0n) is 13.7. The van der Waals surface area contributed by atoms with Gasteiger partial charge in [0.25, 0.3) is 5.91 Å². The molecule has 1 fully saturated rings. The second-order valence-electron chi connectivity index (χ2n) is 5.82. The summed E-state index contributed by atoms with van der Waals surface area (Å²) in [6.45, 7) is 0.914. The fraction of sp³-hybridized carbons (Fsp3) is 0.158. The largest absolute Gasteiger partial charge is 0.470 e. The third-order valence-electron chi connectivity index (χ3n) is 4.05. The molecule has 4 rings (SSSR count). The summed E-state index contributed by atoms with van der Waals surface area (Å²) in [5.41, 5.74) is 1.84. The van der Waals surface area contributed by atoms with Gasteiger partial charge in [0.1, 0.15) is 28.4 Å². The number of benzene rings is 1. The highest BCUT2D eigenvalue weighted by Gasteiger charge is 2.34. The lowest BCUT2D eigenvalue weighted by Crippen LogP contribution is -2.56. The lowest BCUT2D eigenvalue weighted by atomic mass is 10.1. The van der Waals surface area contributed by atoms with Crippen molar-refractivity contribution in [3.05, 3.63) is 65.3 Å². The van der Waals surface area contributed by atoms with Crippen molar-refractivity contribution in [2.75, 3.05) is 13.1 Å². The van der Waals surface area contributed by atoms with E-state index in [1.807, 2.05) is 30.3 Å². The Morgan fingerprint density at radius 1 is 1.23 bits per heavy atom. The predicted octanol–water partition coefficient (Wildman–Crippen LogP) is 2.98. The molecule has 0 atom stereocenters. The quantitative estimate of drug-likeness (QED) is 0.713. The number of nitriles is 1. The summed E-state index contributed by atoms with van der Waals surface area (Å²) in [5, 5.41) is 11.7. The van der Waals surface area contributed by atoms with Crippen molar-refractivity contribution in [1.29, 1.82) is 5.26 Å². The second-order valence-corrected chi connectivity index (χ2v) is 6.68. The lowest BCUT2D eigenvalue weighted by molar-refractivity contribution is 0.0155. The van der Waals surface area contributed by atoms with E-state index in [-0.39, 0.29) is 12.0 Å². The minimum Gasteiger partial charge on any atom is -0.470 e. The number of hydrogen-bond acceptors (Lipinski definition) is 6. The maximum Gasteiger partial charge on any atom is 0.273 e. The summed E-state index contributed by atoms with van der Waals surface area (Å²) in [7, 11) is 0. The number of thiazole rings is 1. The first-order valence-corrected chi connectivity index (χ1v) is 8.94. The van der Waals surface area contributed by atoms with E-state index in [4.69, 9.17) is 10.00 Å². The summed E-state index contributed by atoms with van der Waals surface area (Å²) in [6, 6.07) is 15.2. The number of likely N-dealkylation sites (tertiary alicyclic amines) is 1. The van der Waals surface area contributed by atoms with Gasteiger partial charge in [-0.25, -0.2) is 9.97 Å². The second kappa shape index (κ2) is 6.94. The van der Waals surface area contributed by atoms with Crippen LogP contribution in [0.15, 0.2) is 54.0 Å². The number of hydrogen-bond donors (Lipinski definition) is 0. The summed E-state index contributed by atoms with van der Waals surface area (Å²) in [6.07, 6.45) is 1.42. The van der Waals surface area contributed by atoms with Crippen LogP contribution in [0.3, 0.4) is 0 Å². The van der Waals surface area contributed by atoms with Crippen molar-refractivity contribution in [3.8, 4) is 22.5 Å². The molecule has 0 N–H and O–H groups in total. The van der Waals surface area contributed by atoms with Crippen molar-refractivity contribution in [2.45, 2.75) is 6.10 Å². The molecule has 0 spiro atoms. The molecule has 7 heteroatoms. The summed E-state index contributed by atoms with van der Waals surface area (Å²) < 4.78 is 5.72. The Morgan fingerprint density at radius 3 is 2.81 bits per heavy atom. The average molecular weight is 362 g/mol. The highest BCUT2D eigenvalue weighted by Crippen LogP contribution is 2.25. The Bertz CT molecular complexity index is 974. The van der Waals surface area contributed by atoms with Crippen molar-refractivity contribution in [3.63, 3.8) is 0 Å². The van der Waals surface area contributed by atoms with Crippen LogP contribution in [0.1, 0.15) is 16.1 Å². The van der Waals surface area contributed by atoms with Crippen molar-refractivity contribution < 1.29 is 9.53 Å². The number of carbonyl (C=O) groups excluding carboxylic acids is 1. The predicted molar refractivity (Wildman–Crippen MR) is 96.8 cm³/mol. The zero-order valence-corrected chi connectivity index (χ0v) is 14.5. The first kappa shape index (κ1) is 16.2. The molecule has 0 radical (unpaired) electrons. The first-order valence-electron chi connectivity index (χ1n) is 8.06. The smallest absolute Gasteiger partial charge is 0.273 e. The van der Waals surface area contributed by atoms with Gasteiger partial charge in [0.15, 0.2) is 0 Å². The number of ether oxygens (including phenoxy) is 1. The number of nitrogens with zero attached hydrogens (tertiary/aromatic N) is 4. The van der Waals surface area contributed by atoms with Gasteiger partial charge in [-0.05, 0) is 12.1 Å². The molecule has 1 aliphatic heterocycles. The Kier molecular flexibility index (Phi) is 4.33. The van der Waals surface area contributed by atoms with E-state index in [0.29, 0.717) is 30.2 Å². The van der Waals surface area contributed by atoms with Crippen LogP contribution < -0.4 is 4.74 Å². The number of pyridine rings is 1. The molecule has 0 saturated carbocycles. The molecule has 1 amide bonds. The Labute approximate surface area is 154 Å². The highest BCUT2D eigenvalue weighted by molar-refractivity contribution is 7.13. The van der Waals surface area contributed by atoms with E-state index in [0.717, 1.165) is 10.6 Å². The molecule has 1 aromatic carbocycles. The van der Waals surface area contributed by atoms with Crippen LogP contribution in [0.25, 0.3) is 10.6 Å². The van der Waals surface area contributed by atoms with Crippen LogP contribution in [0.4, 0.5) is 0 Å². The van der Waals surface area contributed by atoms with Crippen molar-refractivity contribution in [2.24, 2.45) is 0 Å². The summed E-state index contributed by atoms with van der Waals surface area (Å²) in [5.74, 6) is 0.205. The molecule has 128 valence electrons. The fourth-order valence-corrected chi connectivity index (χ4v) is 3.45. The maximum absolute atomic E-state index is 12.5. The van der Waals surface area contributed by atoms with E-state index < -0.39 is 0 Å². The minimum absolute atomic E-state index is 0.107. The standard InChI is InChI=1S/C19H14N4O2S/c20-9-14-7-4-8-21-17(14)25-15-10-23(11-15)19(24)16-12-26-18(22-16)13-5-2-1-3-6-13/h1-8,12,15H,10-11H2. The monoisotopic (exact) mass is 362 g/mol. The fourth-order valence-electron chi connectivity index (χ4n) is 2.65. The molecule has 6 nitrogen and oxygen atoms in total. The van der Waals surface area contributed by atoms with Crippen LogP contribution in [-0.2, 0) is 0 Å². The Morgan fingerprint density at radius 2 is 2.04 bits per heavy atom. The van der Waals surface area contributed by atoms with Gasteiger partial charge < -0.3 is 9.64 Å². The van der Waals surface area contributed by atoms with E-state index in [9.17, 15) is 4.79 Å². The molecule has 3 heterocycles. The number of carbonyl (C=O) groups is 1. The first-order chi connectivity index (χ1) is 12.7. The molecule has 26 heavy (non-hydrogen) atoms. The average Bonchev–Trinajstić information content (AvgIpc) is 3.15. The highest BCUT2D eigenvalue weighted by atomic mass is 32.1. The van der Waals surface area contributed by atoms with Crippen molar-refractivity contribution in [1.82, 2.24) is 14.9 Å². The van der Waals surface area contributed by atoms with Crippen LogP contribution in [0, 0.1) is 11.3 Å². The van der Waals surface area contributed by atoms with Gasteiger partial charge in [-0.1, -0.05) is 30.3 Å². The van der Waals surface area contributed by atoms with Crippen LogP contribution in [-0.4, -0.2) is 40.0 Å². The van der Waals surface area contributed by atoms with E-state index in [1.165, 1.54) is 11.3 Å². The summed E-state index contributed by atoms with van der Waals surface area (Å²) in [4.78, 5) is 22.8. The van der Waals surface area contributed by atoms with Gasteiger partial charge in [0.05, 0.1) is 13.1 Å². The SMILES string of the molecule is N#Cc1cccnc1OC1CN(C(=O)c2csc(-c3ccccc3)n2)C1. The van der Waals surface area contributed by atoms with E-state index in [2.05, 4.69) is 16.0 Å². The Hall–Kier alpha value is -3.24. The van der Waals surface area contributed by atoms with Crippen LogP contribution in [0.5, 0.6) is 5.88 Å². The molecule has 3 aromatic rings. The normalized spacial score (nSPS) is 13.7. The van der Waals surface area contributed by atoms with Crippen molar-refractivity contribution >= 4 is 17.2 Å². The number of aromatic nitrogens is 2. The van der Waals surface area contributed by atoms with E-state index >= 15 is 0 Å². The van der Waals surface area contributed by atoms with Gasteiger partial charge in [0, 0.05) is 17.1 Å². The third kappa shape index (κ3) is 3.15. The number of amides is 1. The molecular formula is C19H14N4O2S. The van der Waals surface area contributed by atoms with Gasteiger partial charge in [-0.15, -0.1) is 11.3 Å². The summed E-state index contributed by atoms with van der Waals surface area (Å²) >= 11 is 1.46. The molecular weight excluding hydrogens is 348 g/mol. The molecule has 2 aromatic heterocycles. The van der Waals surface area contributed by atoms with Crippen LogP contribution in [0.2, 0.25) is 0 Å². The molecule has 0 aliphatic carbocycles. The lowest BCUT2D eigenvalue weighted by Gasteiger charge is -2.38. The Balaban J connectivity index is 1.38. The van der Waals surface area contributed by atoms with E-state index in [1.54, 1.807) is 28.6 Å². The maximum atomic E-state index is 12.5. The molecule has 0 unspecified atom stereocenters. The molecule has 1 saturated heterocycles. The third-order valence-corrected chi connectivity index (χ3v) is 4.94. The van der Waals surface area contributed by atoms with Gasteiger partial charge in [0.2, 0.25) is 5.88 Å². The zero-order chi connectivity index (χ0) is 17.9. The topological polar surface area (TPSA) is 79.1 Å². The van der Waals surface area contributed by atoms with Gasteiger partial charge >= 0.3 is 0 Å². The van der Waals surface area contributed by atoms with Gasteiger partial charge in [-0.2, -0.15) is 5.26 Å².